The average molecular weight is 366 g/mol. The first-order valence-electron chi connectivity index (χ1n) is 9.01. The summed E-state index contributed by atoms with van der Waals surface area (Å²) in [5.74, 6) is -2.01. The van der Waals surface area contributed by atoms with Gasteiger partial charge in [0.15, 0.2) is 0 Å². The summed E-state index contributed by atoms with van der Waals surface area (Å²) in [5.41, 5.74) is -1.53. The van der Waals surface area contributed by atoms with Gasteiger partial charge in [-0.15, -0.1) is 0 Å². The number of hydrogen-bond donors (Lipinski definition) is 1. The molecule has 0 bridgehead atoms. The van der Waals surface area contributed by atoms with E-state index in [0.717, 1.165) is 0 Å². The van der Waals surface area contributed by atoms with Gasteiger partial charge in [0.1, 0.15) is 24.4 Å². The summed E-state index contributed by atoms with van der Waals surface area (Å²) in [5, 5.41) is 11.4. The molecular weight excluding hydrogens is 340 g/mol. The molecule has 3 fully saturated rings. The standard InChI is InChI=1S/C19H26O7/c1-10-13-5-7-18(4)14(25-12(3)21)6-8-19(23,9-24-11(2)20)16(18)15(13)26-17(10)22/h13-16,23H,1,5-9H2,2-4H3. The third-order valence-corrected chi connectivity index (χ3v) is 6.37. The number of carbonyl (C=O) groups excluding carboxylic acids is 3. The Hall–Kier alpha value is -1.89. The van der Waals surface area contributed by atoms with Gasteiger partial charge >= 0.3 is 17.9 Å². The maximum absolute atomic E-state index is 12.1. The van der Waals surface area contributed by atoms with Crippen molar-refractivity contribution in [2.75, 3.05) is 6.61 Å². The fourth-order valence-electron chi connectivity index (χ4n) is 5.20. The maximum Gasteiger partial charge on any atom is 0.334 e. The molecule has 3 aliphatic rings. The average Bonchev–Trinajstić information content (AvgIpc) is 2.82. The van der Waals surface area contributed by atoms with Gasteiger partial charge in [0.2, 0.25) is 0 Å². The van der Waals surface area contributed by atoms with Crippen molar-refractivity contribution in [2.45, 2.75) is 64.3 Å². The number of ether oxygens (including phenoxy) is 3. The van der Waals surface area contributed by atoms with Crippen LogP contribution in [0.4, 0.5) is 0 Å². The molecule has 0 amide bonds. The fourth-order valence-corrected chi connectivity index (χ4v) is 5.20. The smallest absolute Gasteiger partial charge is 0.334 e. The minimum Gasteiger partial charge on any atom is -0.463 e. The molecule has 7 nitrogen and oxygen atoms in total. The highest BCUT2D eigenvalue weighted by molar-refractivity contribution is 5.91. The Balaban J connectivity index is 1.99. The molecule has 1 aliphatic heterocycles. The minimum absolute atomic E-state index is 0.178. The number of rotatable bonds is 3. The van der Waals surface area contributed by atoms with E-state index in [0.29, 0.717) is 24.8 Å². The normalized spacial score (nSPS) is 41.7. The van der Waals surface area contributed by atoms with Gasteiger partial charge in [0.05, 0.1) is 0 Å². The van der Waals surface area contributed by atoms with Crippen molar-refractivity contribution < 1.29 is 33.7 Å². The van der Waals surface area contributed by atoms with Crippen LogP contribution < -0.4 is 0 Å². The molecule has 7 heteroatoms. The molecular formula is C19H26O7. The quantitative estimate of drug-likeness (QED) is 0.459. The second kappa shape index (κ2) is 6.37. The summed E-state index contributed by atoms with van der Waals surface area (Å²) < 4.78 is 16.3. The zero-order chi connectivity index (χ0) is 19.3. The molecule has 144 valence electrons. The SMILES string of the molecule is C=C1C(=O)OC2C1CCC1(C)C(OC(C)=O)CCC(O)(COC(C)=O)C21. The van der Waals surface area contributed by atoms with E-state index in [9.17, 15) is 19.5 Å². The Morgan fingerprint density at radius 2 is 1.96 bits per heavy atom. The van der Waals surface area contributed by atoms with Gasteiger partial charge in [-0.1, -0.05) is 13.5 Å². The van der Waals surface area contributed by atoms with Crippen LogP contribution in [-0.2, 0) is 28.6 Å². The fraction of sp³-hybridized carbons (Fsp3) is 0.737. The minimum atomic E-state index is -1.36. The lowest BCUT2D eigenvalue weighted by Gasteiger charge is -2.58. The molecule has 0 radical (unpaired) electrons. The molecule has 2 saturated carbocycles. The van der Waals surface area contributed by atoms with Gasteiger partial charge in [0.25, 0.3) is 0 Å². The van der Waals surface area contributed by atoms with Crippen molar-refractivity contribution in [3.05, 3.63) is 12.2 Å². The highest BCUT2D eigenvalue weighted by Gasteiger charge is 2.65. The van der Waals surface area contributed by atoms with Gasteiger partial charge in [-0.25, -0.2) is 4.79 Å². The summed E-state index contributed by atoms with van der Waals surface area (Å²) in [7, 11) is 0. The highest BCUT2D eigenvalue weighted by atomic mass is 16.6. The largest absolute Gasteiger partial charge is 0.463 e. The van der Waals surface area contributed by atoms with Crippen LogP contribution in [0.15, 0.2) is 12.2 Å². The van der Waals surface area contributed by atoms with Crippen LogP contribution in [0.25, 0.3) is 0 Å². The summed E-state index contributed by atoms with van der Waals surface area (Å²) >= 11 is 0. The number of hydrogen-bond acceptors (Lipinski definition) is 7. The lowest BCUT2D eigenvalue weighted by Crippen LogP contribution is -2.65. The molecule has 26 heavy (non-hydrogen) atoms. The lowest BCUT2D eigenvalue weighted by molar-refractivity contribution is -0.237. The zero-order valence-corrected chi connectivity index (χ0v) is 15.4. The molecule has 0 spiro atoms. The van der Waals surface area contributed by atoms with Gasteiger partial charge in [-0.3, -0.25) is 9.59 Å². The molecule has 1 saturated heterocycles. The lowest BCUT2D eigenvalue weighted by atomic mass is 9.50. The summed E-state index contributed by atoms with van der Waals surface area (Å²) in [6.07, 6.45) is 1.10. The monoisotopic (exact) mass is 366 g/mol. The van der Waals surface area contributed by atoms with E-state index in [2.05, 4.69) is 6.58 Å². The van der Waals surface area contributed by atoms with Crippen molar-refractivity contribution in [1.82, 2.24) is 0 Å². The van der Waals surface area contributed by atoms with Crippen LogP contribution in [-0.4, -0.2) is 47.4 Å². The van der Waals surface area contributed by atoms with Gasteiger partial charge in [-0.05, 0) is 25.7 Å². The van der Waals surface area contributed by atoms with Crippen LogP contribution in [0.5, 0.6) is 0 Å². The van der Waals surface area contributed by atoms with E-state index in [-0.39, 0.29) is 24.9 Å². The van der Waals surface area contributed by atoms with Gasteiger partial charge in [-0.2, -0.15) is 0 Å². The topological polar surface area (TPSA) is 99.1 Å². The number of aliphatic hydroxyl groups is 1. The van der Waals surface area contributed by atoms with Crippen LogP contribution in [0.3, 0.4) is 0 Å². The maximum atomic E-state index is 12.1. The molecule has 6 unspecified atom stereocenters. The van der Waals surface area contributed by atoms with E-state index in [1.807, 2.05) is 6.92 Å². The number of fused-ring (bicyclic) bond motifs is 3. The van der Waals surface area contributed by atoms with Gasteiger partial charge < -0.3 is 19.3 Å². The van der Waals surface area contributed by atoms with E-state index in [4.69, 9.17) is 14.2 Å². The highest BCUT2D eigenvalue weighted by Crippen LogP contribution is 2.59. The Morgan fingerprint density at radius 3 is 2.58 bits per heavy atom. The molecule has 0 aromatic rings. The predicted molar refractivity (Wildman–Crippen MR) is 89.7 cm³/mol. The van der Waals surface area contributed by atoms with Crippen molar-refractivity contribution in [1.29, 1.82) is 0 Å². The van der Waals surface area contributed by atoms with Crippen LogP contribution in [0, 0.1) is 17.3 Å². The molecule has 2 aliphatic carbocycles. The van der Waals surface area contributed by atoms with Crippen LogP contribution in [0.1, 0.15) is 46.5 Å². The molecule has 3 rings (SSSR count). The number of esters is 3. The zero-order valence-electron chi connectivity index (χ0n) is 15.4. The first-order chi connectivity index (χ1) is 12.1. The van der Waals surface area contributed by atoms with Gasteiger partial charge in [0, 0.05) is 36.7 Å². The van der Waals surface area contributed by atoms with Crippen molar-refractivity contribution in [2.24, 2.45) is 17.3 Å². The Labute approximate surface area is 152 Å². The Bertz CT molecular complexity index is 656. The van der Waals surface area contributed by atoms with E-state index in [1.165, 1.54) is 13.8 Å². The molecule has 1 heterocycles. The molecule has 1 N–H and O–H groups in total. The van der Waals surface area contributed by atoms with E-state index in [1.54, 1.807) is 0 Å². The number of carbonyl (C=O) groups is 3. The van der Waals surface area contributed by atoms with Crippen molar-refractivity contribution in [3.63, 3.8) is 0 Å². The first-order valence-corrected chi connectivity index (χ1v) is 9.01. The summed E-state index contributed by atoms with van der Waals surface area (Å²) in [6, 6.07) is 0. The Kier molecular flexibility index (Phi) is 4.63. The van der Waals surface area contributed by atoms with Crippen LogP contribution >= 0.6 is 0 Å². The van der Waals surface area contributed by atoms with Crippen LogP contribution in [0.2, 0.25) is 0 Å². The molecule has 0 aromatic carbocycles. The van der Waals surface area contributed by atoms with E-state index >= 15 is 0 Å². The predicted octanol–water partition coefficient (Wildman–Crippen LogP) is 1.52. The van der Waals surface area contributed by atoms with Crippen molar-refractivity contribution in [3.8, 4) is 0 Å². The summed E-state index contributed by atoms with van der Waals surface area (Å²) in [6.45, 7) is 8.27. The third kappa shape index (κ3) is 2.92. The molecule has 0 aromatic heterocycles. The molecule has 6 atom stereocenters. The van der Waals surface area contributed by atoms with E-state index < -0.39 is 41.1 Å². The summed E-state index contributed by atoms with van der Waals surface area (Å²) in [4.78, 5) is 35.0. The second-order valence-electron chi connectivity index (χ2n) is 8.04. The Morgan fingerprint density at radius 1 is 1.27 bits per heavy atom. The van der Waals surface area contributed by atoms with Crippen molar-refractivity contribution >= 4 is 17.9 Å². The third-order valence-electron chi connectivity index (χ3n) is 6.37. The first kappa shape index (κ1) is 18.9. The second-order valence-corrected chi connectivity index (χ2v) is 8.04.